The number of hydrogen-bond donors (Lipinski definition) is 0. The summed E-state index contributed by atoms with van der Waals surface area (Å²) in [4.78, 5) is 0. The van der Waals surface area contributed by atoms with Crippen LogP contribution in [0.5, 0.6) is 11.5 Å². The maximum absolute atomic E-state index is 12.5. The molecule has 19 heavy (non-hydrogen) atoms. The van der Waals surface area contributed by atoms with Crippen LogP contribution in [0.3, 0.4) is 0 Å². The summed E-state index contributed by atoms with van der Waals surface area (Å²) in [5.74, 6) is 0.584. The van der Waals surface area contributed by atoms with E-state index in [4.69, 9.17) is 16.3 Å². The van der Waals surface area contributed by atoms with E-state index in [0.717, 1.165) is 12.1 Å². The van der Waals surface area contributed by atoms with Gasteiger partial charge >= 0.3 is 58.4 Å². The third-order valence-corrected chi connectivity index (χ3v) is 2.54. The van der Waals surface area contributed by atoms with E-state index in [1.165, 1.54) is 12.1 Å². The Kier molecular flexibility index (Phi) is 6.43. The summed E-state index contributed by atoms with van der Waals surface area (Å²) in [7, 11) is 0. The fourth-order valence-corrected chi connectivity index (χ4v) is 1.55. The van der Waals surface area contributed by atoms with Crippen molar-refractivity contribution in [3.8, 4) is 11.5 Å². The predicted octanol–water partition coefficient (Wildman–Crippen LogP) is 1.19. The van der Waals surface area contributed by atoms with Crippen molar-refractivity contribution in [1.29, 1.82) is 0 Å². The Balaban J connectivity index is 0.00000180. The third-order valence-electron chi connectivity index (χ3n) is 2.29. The van der Waals surface area contributed by atoms with E-state index in [9.17, 15) is 12.9 Å². The quantitative estimate of drug-likeness (QED) is 0.774. The molecule has 0 spiro atoms. The average Bonchev–Trinajstić information content (AvgIpc) is 2.31. The first-order valence-corrected chi connectivity index (χ1v) is 5.56. The van der Waals surface area contributed by atoms with Crippen LogP contribution in [0.15, 0.2) is 48.5 Å². The molecule has 2 aromatic rings. The molecule has 1 nitrogen and oxygen atoms in total. The second kappa shape index (κ2) is 7.15. The third kappa shape index (κ3) is 5.13. The Morgan fingerprint density at radius 3 is 2.11 bits per heavy atom. The molecule has 7 heteroatoms. The van der Waals surface area contributed by atoms with Crippen LogP contribution < -0.4 is 61.6 Å². The number of rotatable bonds is 3. The Morgan fingerprint density at radius 2 is 1.53 bits per heavy atom. The Labute approximate surface area is 156 Å². The monoisotopic (exact) mass is 310 g/mol. The van der Waals surface area contributed by atoms with Crippen molar-refractivity contribution in [2.75, 3.05) is 0 Å². The molecule has 0 heterocycles. The van der Waals surface area contributed by atoms with Gasteiger partial charge in [-0.3, -0.25) is 0 Å². The van der Waals surface area contributed by atoms with Crippen LogP contribution in [0.1, 0.15) is 0 Å². The summed E-state index contributed by atoms with van der Waals surface area (Å²) in [6.07, 6.45) is 0. The van der Waals surface area contributed by atoms with Gasteiger partial charge < -0.3 is 17.7 Å². The zero-order chi connectivity index (χ0) is 13.2. The van der Waals surface area contributed by atoms with Crippen molar-refractivity contribution < 1.29 is 69.1 Å². The van der Waals surface area contributed by atoms with Crippen molar-refractivity contribution in [3.63, 3.8) is 0 Å². The van der Waals surface area contributed by atoms with Gasteiger partial charge in [-0.15, -0.1) is 5.46 Å². The Morgan fingerprint density at radius 1 is 0.895 bits per heavy atom. The van der Waals surface area contributed by atoms with Gasteiger partial charge in [0.15, 0.2) is 0 Å². The van der Waals surface area contributed by atoms with Crippen LogP contribution in [-0.2, 0) is 0 Å². The normalized spacial score (nSPS) is 10.7. The smallest absolute Gasteiger partial charge is 0.458 e. The van der Waals surface area contributed by atoms with E-state index in [1.54, 1.807) is 24.3 Å². The van der Waals surface area contributed by atoms with Gasteiger partial charge in [-0.2, -0.15) is 0 Å². The fraction of sp³-hybridized carbons (Fsp3) is 0. The molecule has 2 aromatic carbocycles. The largest absolute Gasteiger partial charge is 1.00 e. The first-order chi connectivity index (χ1) is 8.45. The molecule has 0 radical (unpaired) electrons. The molecule has 0 saturated heterocycles. The molecule has 0 bridgehead atoms. The topological polar surface area (TPSA) is 9.23 Å². The van der Waals surface area contributed by atoms with Crippen LogP contribution in [0, 0.1) is 0 Å². The zero-order valence-electron chi connectivity index (χ0n) is 10.1. The summed E-state index contributed by atoms with van der Waals surface area (Å²) in [6.45, 7) is -5.01. The van der Waals surface area contributed by atoms with Gasteiger partial charge in [0.25, 0.3) is 0 Å². The molecule has 94 valence electrons. The second-order valence-corrected chi connectivity index (χ2v) is 4.14. The first kappa shape index (κ1) is 17.1. The maximum Gasteiger partial charge on any atom is 1.00 e. The van der Waals surface area contributed by atoms with E-state index in [1.807, 2.05) is 0 Å². The Hall–Kier alpha value is 0.0213. The van der Waals surface area contributed by atoms with Gasteiger partial charge in [0, 0.05) is 5.02 Å². The first-order valence-electron chi connectivity index (χ1n) is 5.18. The molecule has 0 aliphatic carbocycles. The van der Waals surface area contributed by atoms with Crippen LogP contribution >= 0.6 is 11.6 Å². The number of halogens is 4. The molecule has 2 rings (SSSR count). The SMILES string of the molecule is F[B-](F)(F)c1cccc(Oc2ccc(Cl)cc2)c1.[K+]. The van der Waals surface area contributed by atoms with E-state index in [0.29, 0.717) is 10.8 Å². The van der Waals surface area contributed by atoms with Crippen molar-refractivity contribution in [1.82, 2.24) is 0 Å². The second-order valence-electron chi connectivity index (χ2n) is 3.70. The van der Waals surface area contributed by atoms with Gasteiger partial charge in [0.1, 0.15) is 11.5 Å². The van der Waals surface area contributed by atoms with Crippen molar-refractivity contribution >= 4 is 24.0 Å². The zero-order valence-corrected chi connectivity index (χ0v) is 14.0. The standard InChI is InChI=1S/C12H8BClF3O.K/c14-10-4-6-11(7-5-10)18-12-3-1-2-9(8-12)13(15,16)17;/h1-8H;/q-1;+1. The minimum atomic E-state index is -5.01. The van der Waals surface area contributed by atoms with Crippen LogP contribution in [0.4, 0.5) is 12.9 Å². The van der Waals surface area contributed by atoms with E-state index >= 15 is 0 Å². The molecule has 0 atom stereocenters. The van der Waals surface area contributed by atoms with Crippen molar-refractivity contribution in [3.05, 3.63) is 53.6 Å². The van der Waals surface area contributed by atoms with Gasteiger partial charge in [0.05, 0.1) is 0 Å². The summed E-state index contributed by atoms with van der Waals surface area (Å²) in [6, 6.07) is 11.2. The molecular weight excluding hydrogens is 302 g/mol. The molecule has 0 fully saturated rings. The molecule has 0 aliphatic heterocycles. The average molecular weight is 311 g/mol. The van der Waals surface area contributed by atoms with E-state index in [2.05, 4.69) is 0 Å². The fourth-order valence-electron chi connectivity index (χ4n) is 1.42. The van der Waals surface area contributed by atoms with Crippen molar-refractivity contribution in [2.24, 2.45) is 0 Å². The van der Waals surface area contributed by atoms with Crippen LogP contribution in [0.2, 0.25) is 5.02 Å². The van der Waals surface area contributed by atoms with E-state index < -0.39 is 12.4 Å². The summed E-state index contributed by atoms with van der Waals surface area (Å²) >= 11 is 5.70. The number of benzene rings is 2. The molecule has 0 amide bonds. The molecular formula is C12H8BClF3KO. The van der Waals surface area contributed by atoms with Gasteiger partial charge in [-0.25, -0.2) is 0 Å². The molecule has 0 aliphatic rings. The van der Waals surface area contributed by atoms with Crippen LogP contribution in [-0.4, -0.2) is 6.98 Å². The van der Waals surface area contributed by atoms with Crippen LogP contribution in [0.25, 0.3) is 0 Å². The van der Waals surface area contributed by atoms with Gasteiger partial charge in [-0.1, -0.05) is 23.7 Å². The minimum absolute atomic E-state index is 0. The molecule has 0 unspecified atom stereocenters. The minimum Gasteiger partial charge on any atom is -0.458 e. The maximum atomic E-state index is 12.5. The molecule has 0 aromatic heterocycles. The van der Waals surface area contributed by atoms with E-state index in [-0.39, 0.29) is 57.1 Å². The molecule has 0 saturated carbocycles. The van der Waals surface area contributed by atoms with Gasteiger partial charge in [-0.05, 0) is 36.4 Å². The van der Waals surface area contributed by atoms with Gasteiger partial charge in [0.2, 0.25) is 0 Å². The molecule has 0 N–H and O–H groups in total. The number of ether oxygens (including phenoxy) is 1. The summed E-state index contributed by atoms with van der Waals surface area (Å²) in [5.41, 5.74) is -0.679. The summed E-state index contributed by atoms with van der Waals surface area (Å²) < 4.78 is 43.0. The van der Waals surface area contributed by atoms with Crippen molar-refractivity contribution in [2.45, 2.75) is 0 Å². The number of hydrogen-bond acceptors (Lipinski definition) is 1. The summed E-state index contributed by atoms with van der Waals surface area (Å²) in [5, 5.41) is 0.537. The Bertz CT molecular complexity index is 545. The predicted molar refractivity (Wildman–Crippen MR) is 66.7 cm³/mol.